The number of aromatic nitrogens is 3. The van der Waals surface area contributed by atoms with Gasteiger partial charge in [0.05, 0.1) is 12.9 Å². The lowest BCUT2D eigenvalue weighted by molar-refractivity contribution is -0.118. The summed E-state index contributed by atoms with van der Waals surface area (Å²) < 4.78 is 5.16. The monoisotopic (exact) mass is 541 g/mol. The number of halogens is 1. The van der Waals surface area contributed by atoms with E-state index >= 15 is 0 Å². The van der Waals surface area contributed by atoms with Crippen LogP contribution in [0.15, 0.2) is 60.0 Å². The van der Waals surface area contributed by atoms with Crippen molar-refractivity contribution < 1.29 is 14.3 Å². The van der Waals surface area contributed by atoms with Gasteiger partial charge in [0.25, 0.3) is 0 Å². The number of ether oxygens (including phenoxy) is 1. The predicted molar refractivity (Wildman–Crippen MR) is 144 cm³/mol. The summed E-state index contributed by atoms with van der Waals surface area (Å²) in [7, 11) is 1.60. The van der Waals surface area contributed by atoms with Crippen LogP contribution >= 0.6 is 23.4 Å². The van der Waals surface area contributed by atoms with Crippen molar-refractivity contribution in [1.29, 1.82) is 0 Å². The highest BCUT2D eigenvalue weighted by molar-refractivity contribution is 7.99. The summed E-state index contributed by atoms with van der Waals surface area (Å²) in [4.78, 5) is 41.9. The number of piperazine rings is 1. The Morgan fingerprint density at radius 1 is 1.19 bits per heavy atom. The second kappa shape index (κ2) is 12.6. The number of hydrogen-bond acceptors (Lipinski definition) is 8. The SMILES string of the molecule is COc1ccc(NC(=O)N2CCN(c3cc(Cl)nc(SCC(=O)NCc4cccnc4)n3)CC2C)cc1. The minimum absolute atomic E-state index is 0.0601. The van der Waals surface area contributed by atoms with E-state index in [1.54, 1.807) is 54.7 Å². The summed E-state index contributed by atoms with van der Waals surface area (Å²) in [5, 5.41) is 6.52. The van der Waals surface area contributed by atoms with Crippen molar-refractivity contribution in [3.05, 3.63) is 65.6 Å². The van der Waals surface area contributed by atoms with Crippen molar-refractivity contribution in [2.24, 2.45) is 0 Å². The average molecular weight is 542 g/mol. The molecule has 194 valence electrons. The van der Waals surface area contributed by atoms with Crippen LogP contribution in [0.4, 0.5) is 16.3 Å². The van der Waals surface area contributed by atoms with E-state index in [2.05, 4.69) is 30.5 Å². The number of hydrogen-bond donors (Lipinski definition) is 2. The van der Waals surface area contributed by atoms with Crippen molar-refractivity contribution in [3.63, 3.8) is 0 Å². The molecule has 2 N–H and O–H groups in total. The maximum Gasteiger partial charge on any atom is 0.322 e. The first kappa shape index (κ1) is 26.5. The highest BCUT2D eigenvalue weighted by atomic mass is 35.5. The molecule has 1 atom stereocenters. The third kappa shape index (κ3) is 7.46. The Labute approximate surface area is 224 Å². The molecule has 3 amide bonds. The fourth-order valence-corrected chi connectivity index (χ4v) is 4.74. The Morgan fingerprint density at radius 2 is 2.00 bits per heavy atom. The Morgan fingerprint density at radius 3 is 2.70 bits per heavy atom. The van der Waals surface area contributed by atoms with Gasteiger partial charge in [-0.2, -0.15) is 0 Å². The maximum atomic E-state index is 12.9. The molecule has 1 unspecified atom stereocenters. The number of carbonyl (C=O) groups is 2. The van der Waals surface area contributed by atoms with Crippen LogP contribution in [-0.4, -0.2) is 70.3 Å². The van der Waals surface area contributed by atoms with Gasteiger partial charge in [-0.3, -0.25) is 9.78 Å². The van der Waals surface area contributed by atoms with Crippen molar-refractivity contribution in [1.82, 2.24) is 25.2 Å². The lowest BCUT2D eigenvalue weighted by Crippen LogP contribution is -2.55. The van der Waals surface area contributed by atoms with Crippen molar-refractivity contribution >= 4 is 46.8 Å². The van der Waals surface area contributed by atoms with Crippen LogP contribution in [0.2, 0.25) is 5.15 Å². The summed E-state index contributed by atoms with van der Waals surface area (Å²) in [6, 6.07) is 12.4. The van der Waals surface area contributed by atoms with Crippen molar-refractivity contribution in [2.45, 2.75) is 24.7 Å². The minimum Gasteiger partial charge on any atom is -0.497 e. The van der Waals surface area contributed by atoms with Gasteiger partial charge in [0.2, 0.25) is 5.91 Å². The van der Waals surface area contributed by atoms with E-state index in [0.717, 1.165) is 11.3 Å². The van der Waals surface area contributed by atoms with Crippen LogP contribution in [0.25, 0.3) is 0 Å². The highest BCUT2D eigenvalue weighted by Crippen LogP contribution is 2.24. The molecule has 4 rings (SSSR count). The Balaban J connectivity index is 1.30. The first-order chi connectivity index (χ1) is 17.9. The zero-order chi connectivity index (χ0) is 26.2. The van der Waals surface area contributed by atoms with Gasteiger partial charge in [0.1, 0.15) is 16.7 Å². The maximum absolute atomic E-state index is 12.9. The Hall–Kier alpha value is -3.57. The number of urea groups is 1. The van der Waals surface area contributed by atoms with E-state index < -0.39 is 0 Å². The molecule has 0 saturated carbocycles. The highest BCUT2D eigenvalue weighted by Gasteiger charge is 2.28. The van der Waals surface area contributed by atoms with E-state index in [9.17, 15) is 9.59 Å². The summed E-state index contributed by atoms with van der Waals surface area (Å²) in [5.41, 5.74) is 1.63. The summed E-state index contributed by atoms with van der Waals surface area (Å²) >= 11 is 7.49. The lowest BCUT2D eigenvalue weighted by Gasteiger charge is -2.40. The van der Waals surface area contributed by atoms with Gasteiger partial charge in [-0.1, -0.05) is 29.4 Å². The molecule has 1 aromatic carbocycles. The molecule has 1 aliphatic rings. The zero-order valence-corrected chi connectivity index (χ0v) is 22.1. The first-order valence-corrected chi connectivity index (χ1v) is 13.1. The number of pyridine rings is 1. The molecule has 0 aliphatic carbocycles. The van der Waals surface area contributed by atoms with E-state index in [-0.39, 0.29) is 23.7 Å². The number of nitrogens with zero attached hydrogens (tertiary/aromatic N) is 5. The van der Waals surface area contributed by atoms with E-state index in [4.69, 9.17) is 16.3 Å². The topological polar surface area (TPSA) is 113 Å². The second-order valence-electron chi connectivity index (χ2n) is 8.41. The number of thioether (sulfide) groups is 1. The fraction of sp³-hybridized carbons (Fsp3) is 0.320. The first-order valence-electron chi connectivity index (χ1n) is 11.7. The number of benzene rings is 1. The molecule has 0 bridgehead atoms. The van der Waals surface area contributed by atoms with Gasteiger partial charge in [-0.05, 0) is 42.8 Å². The number of anilines is 2. The molecule has 12 heteroatoms. The molecule has 10 nitrogen and oxygen atoms in total. The molecule has 2 aromatic heterocycles. The quantitative estimate of drug-likeness (QED) is 0.252. The predicted octanol–water partition coefficient (Wildman–Crippen LogP) is 3.68. The van der Waals surface area contributed by atoms with E-state index in [1.165, 1.54) is 11.8 Å². The molecule has 37 heavy (non-hydrogen) atoms. The molecule has 3 aromatic rings. The van der Waals surface area contributed by atoms with Gasteiger partial charge in [-0.25, -0.2) is 14.8 Å². The number of nitrogens with one attached hydrogen (secondary N) is 2. The van der Waals surface area contributed by atoms with Gasteiger partial charge < -0.3 is 25.2 Å². The van der Waals surface area contributed by atoms with Crippen LogP contribution in [0.5, 0.6) is 5.75 Å². The smallest absolute Gasteiger partial charge is 0.322 e. The molecule has 1 aliphatic heterocycles. The van der Waals surface area contributed by atoms with Gasteiger partial charge in [-0.15, -0.1) is 0 Å². The number of amides is 3. The van der Waals surface area contributed by atoms with Crippen LogP contribution in [0.3, 0.4) is 0 Å². The largest absolute Gasteiger partial charge is 0.497 e. The molecule has 0 spiro atoms. The zero-order valence-electron chi connectivity index (χ0n) is 20.6. The minimum atomic E-state index is -0.161. The fourth-order valence-electron chi connectivity index (χ4n) is 3.83. The Kier molecular flexibility index (Phi) is 9.02. The Bertz CT molecular complexity index is 1220. The number of methoxy groups -OCH3 is 1. The summed E-state index contributed by atoms with van der Waals surface area (Å²) in [5.74, 6) is 1.42. The van der Waals surface area contributed by atoms with E-state index in [0.29, 0.717) is 48.0 Å². The van der Waals surface area contributed by atoms with Crippen LogP contribution in [0, 0.1) is 0 Å². The number of carbonyl (C=O) groups excluding carboxylic acids is 2. The van der Waals surface area contributed by atoms with Crippen molar-refractivity contribution in [3.8, 4) is 5.75 Å². The average Bonchev–Trinajstić information content (AvgIpc) is 2.91. The molecule has 3 heterocycles. The molecule has 1 saturated heterocycles. The van der Waals surface area contributed by atoms with Crippen LogP contribution < -0.4 is 20.3 Å². The third-order valence-corrected chi connectivity index (χ3v) is 6.80. The third-order valence-electron chi connectivity index (χ3n) is 5.76. The normalized spacial score (nSPS) is 15.3. The summed E-state index contributed by atoms with van der Waals surface area (Å²) in [6.45, 7) is 4.08. The second-order valence-corrected chi connectivity index (χ2v) is 9.73. The molecular formula is C25H28ClN7O3S. The van der Waals surface area contributed by atoms with Crippen LogP contribution in [0.1, 0.15) is 12.5 Å². The van der Waals surface area contributed by atoms with Crippen LogP contribution in [-0.2, 0) is 11.3 Å². The standard InChI is InChI=1S/C25H28ClN7O3S/c1-17-15-32(10-11-33(17)25(35)29-19-5-7-20(36-2)8-6-19)22-12-21(26)30-24(31-22)37-16-23(34)28-14-18-4-3-9-27-13-18/h3-9,12-13,17H,10-11,14-16H2,1-2H3,(H,28,34)(H,29,35). The van der Waals surface area contributed by atoms with E-state index in [1.807, 2.05) is 19.1 Å². The summed E-state index contributed by atoms with van der Waals surface area (Å²) in [6.07, 6.45) is 3.40. The van der Waals surface area contributed by atoms with Crippen molar-refractivity contribution in [2.75, 3.05) is 42.7 Å². The molecule has 1 fully saturated rings. The lowest BCUT2D eigenvalue weighted by atomic mass is 10.2. The number of rotatable bonds is 8. The van der Waals surface area contributed by atoms with Gasteiger partial charge in [0.15, 0.2) is 5.16 Å². The van der Waals surface area contributed by atoms with Gasteiger partial charge in [0, 0.05) is 56.4 Å². The molecular weight excluding hydrogens is 514 g/mol. The van der Waals surface area contributed by atoms with Gasteiger partial charge >= 0.3 is 6.03 Å². The molecule has 0 radical (unpaired) electrons.